The number of hydrogen-bond donors (Lipinski definition) is 1. The van der Waals surface area contributed by atoms with E-state index in [4.69, 9.17) is 0 Å². The fourth-order valence-corrected chi connectivity index (χ4v) is 2.00. The van der Waals surface area contributed by atoms with Crippen LogP contribution in [0.5, 0.6) is 0 Å². The minimum atomic E-state index is 0.800. The largest absolute Gasteiger partial charge is 0.372 e. The van der Waals surface area contributed by atoms with Gasteiger partial charge >= 0.3 is 0 Å². The molecular weight excluding hydrogens is 194 g/mol. The van der Waals surface area contributed by atoms with Crippen molar-refractivity contribution in [2.45, 2.75) is 6.92 Å². The van der Waals surface area contributed by atoms with Crippen LogP contribution in [0, 0.1) is 6.92 Å². The molecule has 0 aliphatic rings. The van der Waals surface area contributed by atoms with E-state index in [0.29, 0.717) is 0 Å². The fraction of sp³-hybridized carbons (Fsp3) is 0.200. The summed E-state index contributed by atoms with van der Waals surface area (Å²) in [5.41, 5.74) is 0.926. The molecule has 4 heteroatoms. The van der Waals surface area contributed by atoms with Crippen molar-refractivity contribution >= 4 is 17.2 Å². The molecule has 0 unspecified atom stereocenters. The van der Waals surface area contributed by atoms with Crippen LogP contribution < -0.4 is 5.32 Å². The van der Waals surface area contributed by atoms with Crippen LogP contribution in [0.4, 0.5) is 5.82 Å². The van der Waals surface area contributed by atoms with Crippen molar-refractivity contribution < 1.29 is 0 Å². The van der Waals surface area contributed by atoms with Gasteiger partial charge in [-0.3, -0.25) is 4.98 Å². The molecule has 0 spiro atoms. The summed E-state index contributed by atoms with van der Waals surface area (Å²) in [6.45, 7) is 2.09. The molecule has 2 aromatic heterocycles. The lowest BCUT2D eigenvalue weighted by atomic mass is 10.3. The first-order valence-corrected chi connectivity index (χ1v) is 5.18. The maximum Gasteiger partial charge on any atom is 0.145 e. The Kier molecular flexibility index (Phi) is 2.45. The number of aryl methyl sites for hydroxylation is 1. The lowest BCUT2D eigenvalue weighted by Gasteiger charge is -2.00. The van der Waals surface area contributed by atoms with Gasteiger partial charge in [-0.2, -0.15) is 0 Å². The van der Waals surface area contributed by atoms with Gasteiger partial charge in [-0.1, -0.05) is 0 Å². The Balaban J connectivity index is 2.41. The molecule has 2 heterocycles. The molecule has 2 aromatic rings. The quantitative estimate of drug-likeness (QED) is 0.818. The molecule has 1 N–H and O–H groups in total. The van der Waals surface area contributed by atoms with Crippen molar-refractivity contribution in [1.82, 2.24) is 9.97 Å². The van der Waals surface area contributed by atoms with Crippen LogP contribution in [0.2, 0.25) is 0 Å². The molecule has 0 saturated heterocycles. The highest BCUT2D eigenvalue weighted by atomic mass is 32.1. The van der Waals surface area contributed by atoms with Crippen molar-refractivity contribution in [3.05, 3.63) is 29.4 Å². The van der Waals surface area contributed by atoms with E-state index in [0.717, 1.165) is 16.4 Å². The Hall–Kier alpha value is -1.42. The molecule has 0 aliphatic heterocycles. The molecular formula is C10H11N3S. The van der Waals surface area contributed by atoms with Crippen molar-refractivity contribution in [3.8, 4) is 10.6 Å². The van der Waals surface area contributed by atoms with Crippen molar-refractivity contribution in [2.24, 2.45) is 0 Å². The number of nitrogens with one attached hydrogen (secondary N) is 1. The summed E-state index contributed by atoms with van der Waals surface area (Å²) in [5, 5.41) is 2.97. The summed E-state index contributed by atoms with van der Waals surface area (Å²) in [6, 6.07) is 4.16. The standard InChI is InChI=1S/C10H11N3S/c1-7-3-4-9(14-7)8-5-12-6-10(11-2)13-8/h3-6H,1-2H3,(H,11,13). The molecule has 14 heavy (non-hydrogen) atoms. The van der Waals surface area contributed by atoms with Crippen LogP contribution in [0.15, 0.2) is 24.5 Å². The van der Waals surface area contributed by atoms with Gasteiger partial charge in [0.2, 0.25) is 0 Å². The summed E-state index contributed by atoms with van der Waals surface area (Å²) < 4.78 is 0. The normalized spacial score (nSPS) is 10.1. The molecule has 0 aliphatic carbocycles. The van der Waals surface area contributed by atoms with Crippen molar-refractivity contribution in [1.29, 1.82) is 0 Å². The number of hydrogen-bond acceptors (Lipinski definition) is 4. The van der Waals surface area contributed by atoms with Crippen LogP contribution in [0.1, 0.15) is 4.88 Å². The zero-order chi connectivity index (χ0) is 9.97. The van der Waals surface area contributed by atoms with Gasteiger partial charge in [0, 0.05) is 11.9 Å². The SMILES string of the molecule is CNc1cncc(-c2ccc(C)s2)n1. The Bertz CT molecular complexity index is 436. The summed E-state index contributed by atoms with van der Waals surface area (Å²) in [6.07, 6.45) is 3.50. The first-order valence-electron chi connectivity index (χ1n) is 4.36. The Labute approximate surface area is 86.8 Å². The summed E-state index contributed by atoms with van der Waals surface area (Å²) in [5.74, 6) is 0.800. The number of aromatic nitrogens is 2. The molecule has 2 rings (SSSR count). The van der Waals surface area contributed by atoms with Crippen LogP contribution in [0.3, 0.4) is 0 Å². The molecule has 0 atom stereocenters. The van der Waals surface area contributed by atoms with Gasteiger partial charge in [0.25, 0.3) is 0 Å². The zero-order valence-corrected chi connectivity index (χ0v) is 8.93. The van der Waals surface area contributed by atoms with Crippen LogP contribution in [-0.2, 0) is 0 Å². The minimum absolute atomic E-state index is 0.800. The minimum Gasteiger partial charge on any atom is -0.372 e. The first kappa shape index (κ1) is 9.15. The Morgan fingerprint density at radius 2 is 2.14 bits per heavy atom. The van der Waals surface area contributed by atoms with Crippen LogP contribution >= 0.6 is 11.3 Å². The topological polar surface area (TPSA) is 37.8 Å². The Morgan fingerprint density at radius 1 is 1.29 bits per heavy atom. The van der Waals surface area contributed by atoms with Gasteiger partial charge in [-0.25, -0.2) is 4.98 Å². The number of anilines is 1. The van der Waals surface area contributed by atoms with E-state index in [2.05, 4.69) is 34.3 Å². The third kappa shape index (κ3) is 1.75. The highest BCUT2D eigenvalue weighted by Gasteiger charge is 2.02. The van der Waals surface area contributed by atoms with E-state index in [9.17, 15) is 0 Å². The van der Waals surface area contributed by atoms with E-state index in [1.54, 1.807) is 23.7 Å². The van der Waals surface area contributed by atoms with Crippen LogP contribution in [0.25, 0.3) is 10.6 Å². The highest BCUT2D eigenvalue weighted by Crippen LogP contribution is 2.25. The second kappa shape index (κ2) is 3.75. The molecule has 0 fully saturated rings. The fourth-order valence-electron chi connectivity index (χ4n) is 1.18. The lowest BCUT2D eigenvalue weighted by molar-refractivity contribution is 1.20. The Morgan fingerprint density at radius 3 is 2.79 bits per heavy atom. The average Bonchev–Trinajstić information content (AvgIpc) is 2.65. The zero-order valence-electron chi connectivity index (χ0n) is 8.11. The molecule has 0 amide bonds. The lowest BCUT2D eigenvalue weighted by Crippen LogP contribution is -1.93. The molecule has 3 nitrogen and oxygen atoms in total. The van der Waals surface area contributed by atoms with Crippen molar-refractivity contribution in [2.75, 3.05) is 12.4 Å². The van der Waals surface area contributed by atoms with Crippen LogP contribution in [-0.4, -0.2) is 17.0 Å². The highest BCUT2D eigenvalue weighted by molar-refractivity contribution is 7.15. The predicted molar refractivity (Wildman–Crippen MR) is 59.6 cm³/mol. The maximum atomic E-state index is 4.41. The third-order valence-electron chi connectivity index (χ3n) is 1.88. The number of thiophene rings is 1. The predicted octanol–water partition coefficient (Wildman–Crippen LogP) is 2.56. The van der Waals surface area contributed by atoms with Gasteiger partial charge < -0.3 is 5.32 Å². The number of rotatable bonds is 2. The summed E-state index contributed by atoms with van der Waals surface area (Å²) in [7, 11) is 1.84. The van der Waals surface area contributed by atoms with Crippen molar-refractivity contribution in [3.63, 3.8) is 0 Å². The van der Waals surface area contributed by atoms with E-state index >= 15 is 0 Å². The summed E-state index contributed by atoms with van der Waals surface area (Å²) >= 11 is 1.73. The van der Waals surface area contributed by atoms with E-state index in [1.165, 1.54) is 4.88 Å². The van der Waals surface area contributed by atoms with E-state index in [-0.39, 0.29) is 0 Å². The third-order valence-corrected chi connectivity index (χ3v) is 2.91. The van der Waals surface area contributed by atoms with Gasteiger partial charge in [0.05, 0.1) is 17.3 Å². The van der Waals surface area contributed by atoms with Gasteiger partial charge in [0.15, 0.2) is 0 Å². The van der Waals surface area contributed by atoms with Gasteiger partial charge in [0.1, 0.15) is 11.5 Å². The molecule has 0 aromatic carbocycles. The average molecular weight is 205 g/mol. The molecule has 0 saturated carbocycles. The molecule has 72 valence electrons. The van der Waals surface area contributed by atoms with E-state index in [1.807, 2.05) is 7.05 Å². The second-order valence-corrected chi connectivity index (χ2v) is 4.24. The summed E-state index contributed by atoms with van der Waals surface area (Å²) in [4.78, 5) is 11.0. The monoisotopic (exact) mass is 205 g/mol. The smallest absolute Gasteiger partial charge is 0.145 e. The molecule has 0 radical (unpaired) electrons. The molecule has 0 bridgehead atoms. The first-order chi connectivity index (χ1) is 6.79. The number of nitrogens with zero attached hydrogens (tertiary/aromatic N) is 2. The second-order valence-electron chi connectivity index (χ2n) is 2.95. The van der Waals surface area contributed by atoms with E-state index < -0.39 is 0 Å². The maximum absolute atomic E-state index is 4.41. The van der Waals surface area contributed by atoms with Gasteiger partial charge in [-0.15, -0.1) is 11.3 Å². The van der Waals surface area contributed by atoms with Gasteiger partial charge in [-0.05, 0) is 19.1 Å².